The highest BCUT2D eigenvalue weighted by Gasteiger charge is 2.04. The van der Waals surface area contributed by atoms with E-state index in [9.17, 15) is 0 Å². The third-order valence-electron chi connectivity index (χ3n) is 2.40. The molecule has 0 saturated heterocycles. The lowest BCUT2D eigenvalue weighted by Gasteiger charge is -2.14. The molecule has 1 rings (SSSR count). The van der Waals surface area contributed by atoms with Gasteiger partial charge in [0.25, 0.3) is 0 Å². The second-order valence-corrected chi connectivity index (χ2v) is 4.38. The van der Waals surface area contributed by atoms with Crippen molar-refractivity contribution >= 4 is 11.8 Å². The Labute approximate surface area is 91.3 Å². The van der Waals surface area contributed by atoms with Crippen molar-refractivity contribution in [2.45, 2.75) is 18.9 Å². The van der Waals surface area contributed by atoms with Gasteiger partial charge in [-0.15, -0.1) is 0 Å². The molecule has 0 amide bonds. The smallest absolute Gasteiger partial charge is 0.0158 e. The van der Waals surface area contributed by atoms with Crippen LogP contribution in [0, 0.1) is 0 Å². The molecule has 1 atom stereocenters. The second-order valence-electron chi connectivity index (χ2n) is 3.47. The monoisotopic (exact) mass is 209 g/mol. The lowest BCUT2D eigenvalue weighted by molar-refractivity contribution is 0.573. The quantitative estimate of drug-likeness (QED) is 0.773. The summed E-state index contributed by atoms with van der Waals surface area (Å²) >= 11 is 1.91. The van der Waals surface area contributed by atoms with Crippen LogP contribution in [0.5, 0.6) is 0 Å². The van der Waals surface area contributed by atoms with E-state index in [-0.39, 0.29) is 0 Å². The molecule has 1 aromatic rings. The minimum absolute atomic E-state index is 0.644. The van der Waals surface area contributed by atoms with Gasteiger partial charge < -0.3 is 5.32 Å². The standard InChI is InChI=1S/C12H19NS/c1-13-12(10-14-2)9-8-11-6-4-3-5-7-11/h3-7,12-13H,8-10H2,1-2H3. The van der Waals surface area contributed by atoms with Crippen LogP contribution in [0.2, 0.25) is 0 Å². The van der Waals surface area contributed by atoms with Crippen molar-refractivity contribution in [3.8, 4) is 0 Å². The van der Waals surface area contributed by atoms with Gasteiger partial charge in [-0.25, -0.2) is 0 Å². The van der Waals surface area contributed by atoms with Gasteiger partial charge in [-0.05, 0) is 31.7 Å². The highest BCUT2D eigenvalue weighted by Crippen LogP contribution is 2.07. The molecule has 0 bridgehead atoms. The normalized spacial score (nSPS) is 12.7. The van der Waals surface area contributed by atoms with E-state index in [0.29, 0.717) is 6.04 Å². The Morgan fingerprint density at radius 2 is 2.00 bits per heavy atom. The summed E-state index contributed by atoms with van der Waals surface area (Å²) in [5.41, 5.74) is 1.44. The molecule has 0 aliphatic heterocycles. The molecule has 1 unspecified atom stereocenters. The minimum Gasteiger partial charge on any atom is -0.316 e. The molecule has 0 heterocycles. The van der Waals surface area contributed by atoms with E-state index >= 15 is 0 Å². The van der Waals surface area contributed by atoms with E-state index < -0.39 is 0 Å². The maximum absolute atomic E-state index is 3.35. The number of nitrogens with one attached hydrogen (secondary N) is 1. The molecule has 1 N–H and O–H groups in total. The molecule has 78 valence electrons. The average Bonchev–Trinajstić information content (AvgIpc) is 2.25. The van der Waals surface area contributed by atoms with E-state index in [4.69, 9.17) is 0 Å². The number of aryl methyl sites for hydroxylation is 1. The summed E-state index contributed by atoms with van der Waals surface area (Å²) in [7, 11) is 2.05. The minimum atomic E-state index is 0.644. The van der Waals surface area contributed by atoms with Crippen LogP contribution in [-0.2, 0) is 6.42 Å². The maximum Gasteiger partial charge on any atom is 0.0158 e. The van der Waals surface area contributed by atoms with E-state index in [0.717, 1.165) is 0 Å². The predicted octanol–water partition coefficient (Wildman–Crippen LogP) is 2.57. The summed E-state index contributed by atoms with van der Waals surface area (Å²) in [4.78, 5) is 0. The van der Waals surface area contributed by atoms with Gasteiger partial charge in [-0.2, -0.15) is 11.8 Å². The highest BCUT2D eigenvalue weighted by atomic mass is 32.2. The average molecular weight is 209 g/mol. The van der Waals surface area contributed by atoms with Crippen LogP contribution in [0.4, 0.5) is 0 Å². The Morgan fingerprint density at radius 3 is 2.57 bits per heavy atom. The van der Waals surface area contributed by atoms with Crippen LogP contribution >= 0.6 is 11.8 Å². The molecule has 0 aromatic heterocycles. The van der Waals surface area contributed by atoms with E-state index in [2.05, 4.69) is 41.9 Å². The van der Waals surface area contributed by atoms with Crippen LogP contribution < -0.4 is 5.32 Å². The van der Waals surface area contributed by atoms with Crippen molar-refractivity contribution in [3.05, 3.63) is 35.9 Å². The van der Waals surface area contributed by atoms with Gasteiger partial charge in [0.05, 0.1) is 0 Å². The number of thioether (sulfide) groups is 1. The molecule has 0 aliphatic rings. The van der Waals surface area contributed by atoms with Gasteiger partial charge in [0.2, 0.25) is 0 Å². The zero-order valence-electron chi connectivity index (χ0n) is 8.99. The molecule has 1 nitrogen and oxygen atoms in total. The summed E-state index contributed by atoms with van der Waals surface area (Å²) in [5, 5.41) is 3.35. The zero-order valence-corrected chi connectivity index (χ0v) is 9.81. The molecule has 2 heteroatoms. The largest absolute Gasteiger partial charge is 0.316 e. The summed E-state index contributed by atoms with van der Waals surface area (Å²) in [6, 6.07) is 11.3. The molecule has 1 aromatic carbocycles. The summed E-state index contributed by atoms with van der Waals surface area (Å²) in [6.07, 6.45) is 4.56. The van der Waals surface area contributed by atoms with Gasteiger partial charge in [0.15, 0.2) is 0 Å². The Morgan fingerprint density at radius 1 is 1.29 bits per heavy atom. The first kappa shape index (κ1) is 11.6. The molecular weight excluding hydrogens is 190 g/mol. The number of hydrogen-bond acceptors (Lipinski definition) is 2. The first-order valence-electron chi connectivity index (χ1n) is 5.07. The fraction of sp³-hybridized carbons (Fsp3) is 0.500. The van der Waals surface area contributed by atoms with Crippen LogP contribution in [0.15, 0.2) is 30.3 Å². The lowest BCUT2D eigenvalue weighted by atomic mass is 10.1. The van der Waals surface area contributed by atoms with Crippen molar-refractivity contribution in [1.82, 2.24) is 5.32 Å². The SMILES string of the molecule is CNC(CCc1ccccc1)CSC. The van der Waals surface area contributed by atoms with Crippen molar-refractivity contribution in [2.75, 3.05) is 19.1 Å². The van der Waals surface area contributed by atoms with Crippen LogP contribution in [-0.4, -0.2) is 25.1 Å². The fourth-order valence-corrected chi connectivity index (χ4v) is 2.23. The van der Waals surface area contributed by atoms with E-state index in [1.54, 1.807) is 0 Å². The highest BCUT2D eigenvalue weighted by molar-refractivity contribution is 7.98. The van der Waals surface area contributed by atoms with Crippen LogP contribution in [0.1, 0.15) is 12.0 Å². The Hall–Kier alpha value is -0.470. The first-order chi connectivity index (χ1) is 6.86. The van der Waals surface area contributed by atoms with Gasteiger partial charge in [-0.1, -0.05) is 30.3 Å². The third-order valence-corrected chi connectivity index (χ3v) is 3.14. The van der Waals surface area contributed by atoms with Gasteiger partial charge in [0.1, 0.15) is 0 Å². The van der Waals surface area contributed by atoms with Gasteiger partial charge >= 0.3 is 0 Å². The van der Waals surface area contributed by atoms with Crippen molar-refractivity contribution < 1.29 is 0 Å². The van der Waals surface area contributed by atoms with Crippen LogP contribution in [0.3, 0.4) is 0 Å². The molecular formula is C12H19NS. The number of benzene rings is 1. The summed E-state index contributed by atoms with van der Waals surface area (Å²) in [5.74, 6) is 1.20. The van der Waals surface area contributed by atoms with Gasteiger partial charge in [0, 0.05) is 11.8 Å². The van der Waals surface area contributed by atoms with Crippen LogP contribution in [0.25, 0.3) is 0 Å². The topological polar surface area (TPSA) is 12.0 Å². The number of rotatable bonds is 6. The zero-order chi connectivity index (χ0) is 10.2. The molecule has 0 fully saturated rings. The molecule has 0 aliphatic carbocycles. The first-order valence-corrected chi connectivity index (χ1v) is 6.46. The molecule has 14 heavy (non-hydrogen) atoms. The van der Waals surface area contributed by atoms with E-state index in [1.807, 2.05) is 18.8 Å². The Kier molecular flexibility index (Phi) is 5.72. The lowest BCUT2D eigenvalue weighted by Crippen LogP contribution is -2.28. The third kappa shape index (κ3) is 4.16. The molecule has 0 radical (unpaired) electrons. The predicted molar refractivity (Wildman–Crippen MR) is 66.0 cm³/mol. The summed E-state index contributed by atoms with van der Waals surface area (Å²) in [6.45, 7) is 0. The van der Waals surface area contributed by atoms with Crippen molar-refractivity contribution in [1.29, 1.82) is 0 Å². The van der Waals surface area contributed by atoms with Crippen molar-refractivity contribution in [2.24, 2.45) is 0 Å². The second kappa shape index (κ2) is 6.91. The van der Waals surface area contributed by atoms with E-state index in [1.165, 1.54) is 24.2 Å². The number of hydrogen-bond donors (Lipinski definition) is 1. The fourth-order valence-electron chi connectivity index (χ4n) is 1.50. The Balaban J connectivity index is 2.32. The Bertz CT molecular complexity index is 235. The summed E-state index contributed by atoms with van der Waals surface area (Å²) < 4.78 is 0. The van der Waals surface area contributed by atoms with Gasteiger partial charge in [-0.3, -0.25) is 0 Å². The molecule has 0 spiro atoms. The maximum atomic E-state index is 3.35. The van der Waals surface area contributed by atoms with Crippen molar-refractivity contribution in [3.63, 3.8) is 0 Å². The molecule has 0 saturated carbocycles.